The first kappa shape index (κ1) is 9.66. The molecule has 16 heavy (non-hydrogen) atoms. The number of fused-ring (bicyclic) bond motifs is 1. The van der Waals surface area contributed by atoms with Gasteiger partial charge in [0.25, 0.3) is 0 Å². The van der Waals surface area contributed by atoms with Gasteiger partial charge in [0.2, 0.25) is 0 Å². The second-order valence-electron chi connectivity index (χ2n) is 4.20. The van der Waals surface area contributed by atoms with E-state index in [9.17, 15) is 5.11 Å². The van der Waals surface area contributed by atoms with Crippen LogP contribution in [0.1, 0.15) is 18.5 Å². The van der Waals surface area contributed by atoms with Crippen LogP contribution >= 0.6 is 0 Å². The van der Waals surface area contributed by atoms with Crippen molar-refractivity contribution in [1.82, 2.24) is 9.38 Å². The summed E-state index contributed by atoms with van der Waals surface area (Å²) in [5.41, 5.74) is 1.60. The molecule has 1 atom stereocenters. The van der Waals surface area contributed by atoms with Gasteiger partial charge in [-0.25, -0.2) is 4.98 Å². The molecule has 0 aliphatic carbocycles. The Morgan fingerprint density at radius 1 is 1.56 bits per heavy atom. The maximum absolute atomic E-state index is 9.63. The monoisotopic (exact) mass is 218 g/mol. The summed E-state index contributed by atoms with van der Waals surface area (Å²) < 4.78 is 7.42. The van der Waals surface area contributed by atoms with Crippen LogP contribution in [0.15, 0.2) is 24.5 Å². The van der Waals surface area contributed by atoms with Crippen molar-refractivity contribution in [3.8, 4) is 5.75 Å². The van der Waals surface area contributed by atoms with Crippen LogP contribution in [-0.2, 0) is 11.2 Å². The summed E-state index contributed by atoms with van der Waals surface area (Å²) in [5, 5.41) is 9.63. The summed E-state index contributed by atoms with van der Waals surface area (Å²) in [6.45, 7) is 0.864. The second-order valence-corrected chi connectivity index (χ2v) is 4.20. The number of imidazole rings is 1. The fraction of sp³-hybridized carbons (Fsp3) is 0.417. The minimum absolute atomic E-state index is 0.223. The van der Waals surface area contributed by atoms with E-state index in [1.54, 1.807) is 12.1 Å². The molecular formula is C12H14N2O2. The average Bonchev–Trinajstić information content (AvgIpc) is 2.88. The first-order chi connectivity index (χ1) is 7.83. The number of rotatable bonds is 2. The molecule has 84 valence electrons. The van der Waals surface area contributed by atoms with Gasteiger partial charge in [-0.2, -0.15) is 0 Å². The lowest BCUT2D eigenvalue weighted by Gasteiger charge is -2.05. The van der Waals surface area contributed by atoms with E-state index in [0.29, 0.717) is 11.8 Å². The highest BCUT2D eigenvalue weighted by Crippen LogP contribution is 2.20. The number of hydrogen-bond acceptors (Lipinski definition) is 3. The number of aromatic nitrogens is 2. The van der Waals surface area contributed by atoms with E-state index < -0.39 is 0 Å². The summed E-state index contributed by atoms with van der Waals surface area (Å²) in [4.78, 5) is 4.41. The minimum atomic E-state index is 0.223. The molecule has 3 heterocycles. The van der Waals surface area contributed by atoms with Crippen molar-refractivity contribution in [2.24, 2.45) is 0 Å². The van der Waals surface area contributed by atoms with Gasteiger partial charge in [0.15, 0.2) is 11.4 Å². The quantitative estimate of drug-likeness (QED) is 0.835. The number of nitrogens with zero attached hydrogens (tertiary/aromatic N) is 2. The van der Waals surface area contributed by atoms with Crippen LogP contribution in [0, 0.1) is 0 Å². The zero-order chi connectivity index (χ0) is 11.0. The summed E-state index contributed by atoms with van der Waals surface area (Å²) in [6, 6.07) is 3.46. The van der Waals surface area contributed by atoms with Crippen molar-refractivity contribution in [2.75, 3.05) is 6.61 Å². The number of pyridine rings is 1. The molecule has 4 heteroatoms. The number of ether oxygens (including phenoxy) is 1. The average molecular weight is 218 g/mol. The van der Waals surface area contributed by atoms with Gasteiger partial charge in [-0.15, -0.1) is 0 Å². The van der Waals surface area contributed by atoms with Gasteiger partial charge in [0.05, 0.1) is 11.8 Å². The van der Waals surface area contributed by atoms with E-state index in [2.05, 4.69) is 4.98 Å². The number of aromatic hydroxyl groups is 1. The van der Waals surface area contributed by atoms with Gasteiger partial charge in [-0.1, -0.05) is 0 Å². The van der Waals surface area contributed by atoms with Gasteiger partial charge < -0.3 is 14.2 Å². The maximum atomic E-state index is 9.63. The van der Waals surface area contributed by atoms with Crippen molar-refractivity contribution in [3.63, 3.8) is 0 Å². The lowest BCUT2D eigenvalue weighted by atomic mass is 10.1. The normalized spacial score (nSPS) is 20.6. The Morgan fingerprint density at radius 2 is 2.50 bits per heavy atom. The molecule has 0 saturated carbocycles. The topological polar surface area (TPSA) is 46.8 Å². The predicted molar refractivity (Wildman–Crippen MR) is 59.5 cm³/mol. The van der Waals surface area contributed by atoms with Crippen LogP contribution in [0.4, 0.5) is 0 Å². The van der Waals surface area contributed by atoms with Crippen molar-refractivity contribution in [2.45, 2.75) is 25.4 Å². The van der Waals surface area contributed by atoms with Gasteiger partial charge in [-0.05, 0) is 25.0 Å². The van der Waals surface area contributed by atoms with Crippen molar-refractivity contribution in [3.05, 3.63) is 30.2 Å². The lowest BCUT2D eigenvalue weighted by molar-refractivity contribution is 0.111. The Balaban J connectivity index is 1.90. The third kappa shape index (κ3) is 1.65. The molecular weight excluding hydrogens is 204 g/mol. The third-order valence-corrected chi connectivity index (χ3v) is 2.97. The molecule has 1 N–H and O–H groups in total. The molecule has 0 spiro atoms. The molecule has 1 aliphatic rings. The Kier molecular flexibility index (Phi) is 2.29. The van der Waals surface area contributed by atoms with Crippen LogP contribution in [0.2, 0.25) is 0 Å². The standard InChI is InChI=1S/C12H14N2O2/c15-11-4-1-5-14-8-9(13-12(11)14)7-10-3-2-6-16-10/h1,4-5,8,10,15H,2-3,6-7H2. The largest absolute Gasteiger partial charge is 0.504 e. The molecule has 0 bridgehead atoms. The third-order valence-electron chi connectivity index (χ3n) is 2.97. The van der Waals surface area contributed by atoms with Crippen LogP contribution in [0.5, 0.6) is 5.75 Å². The first-order valence-electron chi connectivity index (χ1n) is 5.60. The summed E-state index contributed by atoms with van der Waals surface area (Å²) in [6.07, 6.45) is 7.23. The Hall–Kier alpha value is -1.55. The van der Waals surface area contributed by atoms with E-state index in [-0.39, 0.29) is 5.75 Å². The molecule has 2 aromatic heterocycles. The Bertz CT molecular complexity index is 501. The van der Waals surface area contributed by atoms with Gasteiger partial charge in [0.1, 0.15) is 0 Å². The summed E-state index contributed by atoms with van der Waals surface area (Å²) in [7, 11) is 0. The van der Waals surface area contributed by atoms with Gasteiger partial charge in [-0.3, -0.25) is 0 Å². The smallest absolute Gasteiger partial charge is 0.179 e. The Morgan fingerprint density at radius 3 is 3.25 bits per heavy atom. The van der Waals surface area contributed by atoms with E-state index in [1.807, 2.05) is 16.8 Å². The summed E-state index contributed by atoms with van der Waals surface area (Å²) >= 11 is 0. The molecule has 2 aromatic rings. The molecule has 0 amide bonds. The first-order valence-corrected chi connectivity index (χ1v) is 5.60. The molecule has 1 saturated heterocycles. The van der Waals surface area contributed by atoms with E-state index in [0.717, 1.165) is 31.6 Å². The second kappa shape index (κ2) is 3.79. The molecule has 1 unspecified atom stereocenters. The highest BCUT2D eigenvalue weighted by molar-refractivity contribution is 5.53. The van der Waals surface area contributed by atoms with E-state index in [1.165, 1.54) is 0 Å². The zero-order valence-electron chi connectivity index (χ0n) is 8.97. The molecule has 1 aliphatic heterocycles. The lowest BCUT2D eigenvalue weighted by Crippen LogP contribution is -2.08. The fourth-order valence-electron chi connectivity index (χ4n) is 2.19. The van der Waals surface area contributed by atoms with E-state index in [4.69, 9.17) is 4.74 Å². The zero-order valence-corrected chi connectivity index (χ0v) is 8.97. The molecule has 4 nitrogen and oxygen atoms in total. The van der Waals surface area contributed by atoms with Crippen molar-refractivity contribution in [1.29, 1.82) is 0 Å². The van der Waals surface area contributed by atoms with Crippen molar-refractivity contribution < 1.29 is 9.84 Å². The van der Waals surface area contributed by atoms with Crippen LogP contribution in [0.3, 0.4) is 0 Å². The van der Waals surface area contributed by atoms with Crippen molar-refractivity contribution >= 4 is 5.65 Å². The highest BCUT2D eigenvalue weighted by atomic mass is 16.5. The molecule has 1 fully saturated rings. The maximum Gasteiger partial charge on any atom is 0.179 e. The fourth-order valence-corrected chi connectivity index (χ4v) is 2.19. The molecule has 0 aromatic carbocycles. The van der Waals surface area contributed by atoms with Crippen LogP contribution in [-0.4, -0.2) is 27.2 Å². The van der Waals surface area contributed by atoms with Crippen LogP contribution in [0.25, 0.3) is 5.65 Å². The summed E-state index contributed by atoms with van der Waals surface area (Å²) in [5.74, 6) is 0.223. The van der Waals surface area contributed by atoms with Gasteiger partial charge in [0, 0.05) is 25.4 Å². The van der Waals surface area contributed by atoms with Gasteiger partial charge >= 0.3 is 0 Å². The molecule has 3 rings (SSSR count). The minimum Gasteiger partial charge on any atom is -0.504 e. The number of hydrogen-bond donors (Lipinski definition) is 1. The SMILES string of the molecule is Oc1cccn2cc(CC3CCCO3)nc12. The predicted octanol–water partition coefficient (Wildman–Crippen LogP) is 1.76. The molecule has 0 radical (unpaired) electrons. The van der Waals surface area contributed by atoms with E-state index >= 15 is 0 Å². The Labute approximate surface area is 93.5 Å². The van der Waals surface area contributed by atoms with Crippen LogP contribution < -0.4 is 0 Å². The highest BCUT2D eigenvalue weighted by Gasteiger charge is 2.17.